The van der Waals surface area contributed by atoms with E-state index in [-0.39, 0.29) is 12.4 Å². The predicted octanol–water partition coefficient (Wildman–Crippen LogP) is 5.65. The van der Waals surface area contributed by atoms with Crippen LogP contribution >= 0.6 is 12.4 Å². The highest BCUT2D eigenvalue weighted by Gasteiger charge is 2.12. The Hall–Kier alpha value is -2.30. The number of benzene rings is 2. The third kappa shape index (κ3) is 5.60. The van der Waals surface area contributed by atoms with Gasteiger partial charge in [-0.15, -0.1) is 12.4 Å². The largest absolute Gasteiger partial charge is 0.492 e. The molecule has 0 saturated heterocycles. The molecule has 4 nitrogen and oxygen atoms in total. The lowest BCUT2D eigenvalue weighted by Crippen LogP contribution is -2.39. The Morgan fingerprint density at radius 2 is 1.64 bits per heavy atom. The number of halogens is 1. The number of para-hydroxylation sites is 1. The Labute approximate surface area is 174 Å². The lowest BCUT2D eigenvalue weighted by Gasteiger charge is -2.30. The van der Waals surface area contributed by atoms with Gasteiger partial charge in [0.25, 0.3) is 0 Å². The number of hydrogen-bond acceptors (Lipinski definition) is 3. The Bertz CT molecular complexity index is 876. The van der Waals surface area contributed by atoms with Gasteiger partial charge in [0.05, 0.1) is 11.2 Å². The van der Waals surface area contributed by atoms with E-state index in [4.69, 9.17) is 4.74 Å². The first kappa shape index (κ1) is 22.0. The van der Waals surface area contributed by atoms with Gasteiger partial charge in [-0.3, -0.25) is 10.00 Å². The lowest BCUT2D eigenvalue weighted by molar-refractivity contribution is 0.142. The van der Waals surface area contributed by atoms with Crippen LogP contribution in [0.4, 0.5) is 0 Å². The molecule has 150 valence electrons. The predicted molar refractivity (Wildman–Crippen MR) is 121 cm³/mol. The molecule has 0 fully saturated rings. The van der Waals surface area contributed by atoms with Crippen LogP contribution in [0.3, 0.4) is 0 Å². The van der Waals surface area contributed by atoms with Gasteiger partial charge in [0, 0.05) is 24.0 Å². The van der Waals surface area contributed by atoms with E-state index in [1.807, 2.05) is 36.4 Å². The molecular formula is C23H30ClN3O. The first-order chi connectivity index (χ1) is 13.0. The van der Waals surface area contributed by atoms with E-state index in [9.17, 15) is 0 Å². The monoisotopic (exact) mass is 399 g/mol. The molecule has 0 saturated carbocycles. The Kier molecular flexibility index (Phi) is 8.09. The van der Waals surface area contributed by atoms with Crippen LogP contribution in [0.2, 0.25) is 0 Å². The minimum Gasteiger partial charge on any atom is -0.492 e. The molecule has 0 radical (unpaired) electrons. The van der Waals surface area contributed by atoms with Crippen LogP contribution in [0.1, 0.15) is 39.0 Å². The third-order valence-corrected chi connectivity index (χ3v) is 4.76. The summed E-state index contributed by atoms with van der Waals surface area (Å²) in [6.07, 6.45) is 4.11. The summed E-state index contributed by atoms with van der Waals surface area (Å²) in [6, 6.07) is 17.4. The number of aromatic nitrogens is 2. The van der Waals surface area contributed by atoms with Crippen molar-refractivity contribution in [3.63, 3.8) is 0 Å². The Balaban J connectivity index is 0.00000280. The van der Waals surface area contributed by atoms with Gasteiger partial charge in [-0.1, -0.05) is 36.4 Å². The van der Waals surface area contributed by atoms with Crippen LogP contribution in [0.25, 0.3) is 23.1 Å². The second-order valence-corrected chi connectivity index (χ2v) is 7.33. The zero-order valence-corrected chi connectivity index (χ0v) is 17.9. The van der Waals surface area contributed by atoms with E-state index >= 15 is 0 Å². The van der Waals surface area contributed by atoms with Crippen LogP contribution < -0.4 is 4.74 Å². The average Bonchev–Trinajstić information content (AvgIpc) is 3.07. The van der Waals surface area contributed by atoms with E-state index in [1.54, 1.807) is 0 Å². The molecule has 0 atom stereocenters. The van der Waals surface area contributed by atoms with Crippen molar-refractivity contribution < 1.29 is 4.74 Å². The normalized spacial score (nSPS) is 11.7. The number of H-pyrrole nitrogens is 1. The van der Waals surface area contributed by atoms with Crippen LogP contribution in [-0.4, -0.2) is 40.3 Å². The molecule has 5 heteroatoms. The maximum atomic E-state index is 5.92. The van der Waals surface area contributed by atoms with Gasteiger partial charge in [0.2, 0.25) is 0 Å². The summed E-state index contributed by atoms with van der Waals surface area (Å²) in [5.74, 6) is 0.907. The highest BCUT2D eigenvalue weighted by molar-refractivity contribution is 5.89. The van der Waals surface area contributed by atoms with Gasteiger partial charge in [0.15, 0.2) is 0 Å². The molecule has 1 aromatic heterocycles. The van der Waals surface area contributed by atoms with Gasteiger partial charge in [0.1, 0.15) is 12.4 Å². The van der Waals surface area contributed by atoms with Crippen LogP contribution in [0.5, 0.6) is 5.75 Å². The molecular weight excluding hydrogens is 370 g/mol. The minimum absolute atomic E-state index is 0. The van der Waals surface area contributed by atoms with Crippen molar-refractivity contribution in [3.8, 4) is 5.75 Å². The van der Waals surface area contributed by atoms with Gasteiger partial charge < -0.3 is 4.74 Å². The van der Waals surface area contributed by atoms with Crippen molar-refractivity contribution in [2.75, 3.05) is 13.2 Å². The maximum Gasteiger partial charge on any atom is 0.119 e. The van der Waals surface area contributed by atoms with Crippen LogP contribution in [0, 0.1) is 0 Å². The second-order valence-electron chi connectivity index (χ2n) is 7.33. The van der Waals surface area contributed by atoms with E-state index in [0.717, 1.165) is 34.5 Å². The lowest BCUT2D eigenvalue weighted by atomic mass is 10.1. The number of ether oxygens (including phenoxy) is 1. The standard InChI is InChI=1S/C23H29N3O.ClH/c1-17(2)26(18(3)4)15-16-27-20-12-9-19(10-13-20)11-14-23-21-7-5-6-8-22(21)24-25-23;/h5-14,17-18H,15-16H2,1-4H3,(H,24,25);1H/b14-11+;. The molecule has 0 amide bonds. The van der Waals surface area contributed by atoms with Crippen molar-refractivity contribution in [2.24, 2.45) is 0 Å². The fourth-order valence-corrected chi connectivity index (χ4v) is 3.34. The van der Waals surface area contributed by atoms with Crippen molar-refractivity contribution >= 4 is 35.5 Å². The van der Waals surface area contributed by atoms with E-state index in [0.29, 0.717) is 18.7 Å². The summed E-state index contributed by atoms with van der Waals surface area (Å²) in [4.78, 5) is 2.44. The first-order valence-corrected chi connectivity index (χ1v) is 9.64. The first-order valence-electron chi connectivity index (χ1n) is 9.64. The number of nitrogens with one attached hydrogen (secondary N) is 1. The molecule has 1 heterocycles. The van der Waals surface area contributed by atoms with Crippen molar-refractivity contribution in [3.05, 3.63) is 59.8 Å². The number of fused-ring (bicyclic) bond motifs is 1. The molecule has 1 N–H and O–H groups in total. The summed E-state index contributed by atoms with van der Waals surface area (Å²) < 4.78 is 5.92. The molecule has 0 bridgehead atoms. The smallest absolute Gasteiger partial charge is 0.119 e. The highest BCUT2D eigenvalue weighted by Crippen LogP contribution is 2.19. The second kappa shape index (κ2) is 10.3. The zero-order chi connectivity index (χ0) is 19.2. The highest BCUT2D eigenvalue weighted by atomic mass is 35.5. The molecule has 0 aliphatic rings. The summed E-state index contributed by atoms with van der Waals surface area (Å²) >= 11 is 0. The molecule has 28 heavy (non-hydrogen) atoms. The number of rotatable bonds is 8. The van der Waals surface area contributed by atoms with E-state index in [1.165, 1.54) is 0 Å². The Morgan fingerprint density at radius 3 is 2.32 bits per heavy atom. The van der Waals surface area contributed by atoms with Gasteiger partial charge in [-0.2, -0.15) is 5.10 Å². The molecule has 3 rings (SSSR count). The fraction of sp³-hybridized carbons (Fsp3) is 0.348. The summed E-state index contributed by atoms with van der Waals surface area (Å²) in [5.41, 5.74) is 3.13. The van der Waals surface area contributed by atoms with Crippen molar-refractivity contribution in [1.29, 1.82) is 0 Å². The van der Waals surface area contributed by atoms with Gasteiger partial charge in [-0.05, 0) is 57.5 Å². The van der Waals surface area contributed by atoms with Gasteiger partial charge >= 0.3 is 0 Å². The minimum atomic E-state index is 0. The molecule has 0 spiro atoms. The molecule has 3 aromatic rings. The number of hydrogen-bond donors (Lipinski definition) is 1. The van der Waals surface area contributed by atoms with Crippen LogP contribution in [-0.2, 0) is 0 Å². The summed E-state index contributed by atoms with van der Waals surface area (Å²) in [5, 5.41) is 8.56. The number of nitrogens with zero attached hydrogens (tertiary/aromatic N) is 2. The van der Waals surface area contributed by atoms with E-state index in [2.05, 4.69) is 67.1 Å². The summed E-state index contributed by atoms with van der Waals surface area (Å²) in [6.45, 7) is 10.5. The Morgan fingerprint density at radius 1 is 0.964 bits per heavy atom. The van der Waals surface area contributed by atoms with Crippen LogP contribution in [0.15, 0.2) is 48.5 Å². The van der Waals surface area contributed by atoms with E-state index < -0.39 is 0 Å². The topological polar surface area (TPSA) is 41.1 Å². The molecule has 2 aromatic carbocycles. The quantitative estimate of drug-likeness (QED) is 0.531. The zero-order valence-electron chi connectivity index (χ0n) is 17.1. The molecule has 0 aliphatic carbocycles. The summed E-state index contributed by atoms with van der Waals surface area (Å²) in [7, 11) is 0. The fourth-order valence-electron chi connectivity index (χ4n) is 3.34. The molecule has 0 aliphatic heterocycles. The number of aromatic amines is 1. The molecule has 0 unspecified atom stereocenters. The van der Waals surface area contributed by atoms with Crippen molar-refractivity contribution in [1.82, 2.24) is 15.1 Å². The average molecular weight is 400 g/mol. The maximum absolute atomic E-state index is 5.92. The third-order valence-electron chi connectivity index (χ3n) is 4.76. The van der Waals surface area contributed by atoms with Crippen molar-refractivity contribution in [2.45, 2.75) is 39.8 Å². The van der Waals surface area contributed by atoms with Gasteiger partial charge in [-0.25, -0.2) is 0 Å². The SMILES string of the molecule is CC(C)N(CCOc1ccc(/C=C/c2n[nH]c3ccccc23)cc1)C(C)C.Cl.